The lowest BCUT2D eigenvalue weighted by molar-refractivity contribution is -0.145. The Bertz CT molecular complexity index is 968. The van der Waals surface area contributed by atoms with Gasteiger partial charge in [-0.05, 0) is 69.0 Å². The molecule has 0 spiro atoms. The summed E-state index contributed by atoms with van der Waals surface area (Å²) in [6.07, 6.45) is 0.258. The van der Waals surface area contributed by atoms with Gasteiger partial charge >= 0.3 is 12.1 Å². The molecule has 0 saturated heterocycles. The molecule has 0 aliphatic rings. The smallest absolute Gasteiger partial charge is 0.408 e. The maximum atomic E-state index is 13.2. The molecule has 0 aliphatic carbocycles. The number of hydrogen-bond donors (Lipinski definition) is 4. The van der Waals surface area contributed by atoms with Crippen LogP contribution < -0.4 is 22.1 Å². The molecule has 0 heterocycles. The van der Waals surface area contributed by atoms with E-state index in [0.29, 0.717) is 17.8 Å². The number of esters is 1. The minimum atomic E-state index is -0.944. The van der Waals surface area contributed by atoms with Crippen LogP contribution in [-0.4, -0.2) is 42.8 Å². The number of carbonyl (C=O) groups excluding carboxylic acids is 3. The fourth-order valence-electron chi connectivity index (χ4n) is 3.21. The van der Waals surface area contributed by atoms with Gasteiger partial charge in [-0.15, -0.1) is 0 Å². The van der Waals surface area contributed by atoms with Gasteiger partial charge in [-0.25, -0.2) is 9.59 Å². The molecule has 1 unspecified atom stereocenters. The molecule has 0 fully saturated rings. The van der Waals surface area contributed by atoms with E-state index in [1.807, 2.05) is 12.1 Å². The number of aryl methyl sites for hydroxylation is 1. The van der Waals surface area contributed by atoms with Gasteiger partial charge in [-0.1, -0.05) is 24.3 Å². The number of nitrogens with one attached hydrogen (secondary N) is 2. The number of nitrogens with two attached hydrogens (primary N) is 2. The minimum Gasteiger partial charge on any atom is -0.467 e. The lowest BCUT2D eigenvalue weighted by Crippen LogP contribution is -2.53. The monoisotopic (exact) mass is 470 g/mol. The van der Waals surface area contributed by atoms with Crippen molar-refractivity contribution >= 4 is 29.3 Å². The molecule has 184 valence electrons. The van der Waals surface area contributed by atoms with Gasteiger partial charge in [0.05, 0.1) is 7.11 Å². The summed E-state index contributed by atoms with van der Waals surface area (Å²) < 4.78 is 10.2. The van der Waals surface area contributed by atoms with Crippen molar-refractivity contribution in [2.75, 3.05) is 18.6 Å². The molecule has 0 saturated carbocycles. The number of nitrogen functional groups attached to an aromatic ring is 2. The molecule has 0 aliphatic heterocycles. The number of amides is 2. The SMILES string of the molecule is COC(=O)C(Cc1ccc(N)cc1)NC(=O)[C@@H](CCc1ccc(N)cc1)NC(=O)OC(C)(C)C. The largest absolute Gasteiger partial charge is 0.467 e. The third-order valence-corrected chi connectivity index (χ3v) is 4.93. The zero-order chi connectivity index (χ0) is 25.3. The highest BCUT2D eigenvalue weighted by Crippen LogP contribution is 2.13. The van der Waals surface area contributed by atoms with Crippen LogP contribution >= 0.6 is 0 Å². The summed E-state index contributed by atoms with van der Waals surface area (Å²) in [5.41, 5.74) is 13.7. The van der Waals surface area contributed by atoms with Crippen LogP contribution in [0.15, 0.2) is 48.5 Å². The summed E-state index contributed by atoms with van der Waals surface area (Å²) >= 11 is 0. The summed E-state index contributed by atoms with van der Waals surface area (Å²) in [4.78, 5) is 37.9. The van der Waals surface area contributed by atoms with E-state index >= 15 is 0 Å². The van der Waals surface area contributed by atoms with Crippen molar-refractivity contribution in [3.63, 3.8) is 0 Å². The quantitative estimate of drug-likeness (QED) is 0.325. The predicted octanol–water partition coefficient (Wildman–Crippen LogP) is 2.58. The molecule has 0 bridgehead atoms. The summed E-state index contributed by atoms with van der Waals surface area (Å²) in [6.45, 7) is 5.20. The Hall–Kier alpha value is -3.75. The first-order valence-electron chi connectivity index (χ1n) is 11.0. The highest BCUT2D eigenvalue weighted by atomic mass is 16.6. The summed E-state index contributed by atoms with van der Waals surface area (Å²) in [5, 5.41) is 5.33. The molecular weight excluding hydrogens is 436 g/mol. The average molecular weight is 471 g/mol. The van der Waals surface area contributed by atoms with Crippen LogP contribution in [0.4, 0.5) is 16.2 Å². The number of alkyl carbamates (subject to hydrolysis) is 1. The average Bonchev–Trinajstić information content (AvgIpc) is 2.76. The fourth-order valence-corrected chi connectivity index (χ4v) is 3.21. The lowest BCUT2D eigenvalue weighted by atomic mass is 10.0. The molecule has 2 atom stereocenters. The molecule has 2 aromatic rings. The molecule has 2 amide bonds. The van der Waals surface area contributed by atoms with E-state index in [4.69, 9.17) is 20.9 Å². The van der Waals surface area contributed by atoms with Crippen molar-refractivity contribution in [2.45, 2.75) is 57.7 Å². The maximum Gasteiger partial charge on any atom is 0.408 e. The molecule has 34 heavy (non-hydrogen) atoms. The first-order valence-corrected chi connectivity index (χ1v) is 11.0. The first kappa shape index (κ1) is 26.5. The fraction of sp³-hybridized carbons (Fsp3) is 0.400. The zero-order valence-electron chi connectivity index (χ0n) is 20.1. The number of hydrogen-bond acceptors (Lipinski definition) is 7. The van der Waals surface area contributed by atoms with Crippen LogP contribution in [0.1, 0.15) is 38.3 Å². The van der Waals surface area contributed by atoms with E-state index in [1.54, 1.807) is 57.2 Å². The summed E-state index contributed by atoms with van der Waals surface area (Å²) in [7, 11) is 1.25. The van der Waals surface area contributed by atoms with E-state index in [1.165, 1.54) is 7.11 Å². The van der Waals surface area contributed by atoms with Gasteiger partial charge in [0.15, 0.2) is 0 Å². The van der Waals surface area contributed by atoms with Crippen LogP contribution in [0.25, 0.3) is 0 Å². The minimum absolute atomic E-state index is 0.204. The van der Waals surface area contributed by atoms with Crippen LogP contribution in [-0.2, 0) is 31.9 Å². The van der Waals surface area contributed by atoms with Crippen molar-refractivity contribution in [2.24, 2.45) is 0 Å². The first-order chi connectivity index (χ1) is 16.0. The van der Waals surface area contributed by atoms with Crippen molar-refractivity contribution in [3.8, 4) is 0 Å². The lowest BCUT2D eigenvalue weighted by Gasteiger charge is -2.25. The number of anilines is 2. The number of rotatable bonds is 9. The van der Waals surface area contributed by atoms with Gasteiger partial charge in [0.1, 0.15) is 17.7 Å². The zero-order valence-corrected chi connectivity index (χ0v) is 20.1. The second kappa shape index (κ2) is 11.9. The molecule has 9 heteroatoms. The van der Waals surface area contributed by atoms with Gasteiger partial charge in [-0.3, -0.25) is 4.79 Å². The highest BCUT2D eigenvalue weighted by molar-refractivity contribution is 5.89. The molecular formula is C25H34N4O5. The summed E-state index contributed by atoms with van der Waals surface area (Å²) in [5.74, 6) is -1.12. The Morgan fingerprint density at radius 2 is 1.38 bits per heavy atom. The Kier molecular flexibility index (Phi) is 9.29. The molecule has 2 rings (SSSR count). The van der Waals surface area contributed by atoms with Crippen LogP contribution in [0.3, 0.4) is 0 Å². The maximum absolute atomic E-state index is 13.2. The van der Waals surface area contributed by atoms with Crippen molar-refractivity contribution in [1.29, 1.82) is 0 Å². The van der Waals surface area contributed by atoms with Crippen LogP contribution in [0.5, 0.6) is 0 Å². The van der Waals surface area contributed by atoms with E-state index in [0.717, 1.165) is 11.1 Å². The van der Waals surface area contributed by atoms with Crippen molar-refractivity contribution in [3.05, 3.63) is 59.7 Å². The number of methoxy groups -OCH3 is 1. The Morgan fingerprint density at radius 3 is 1.88 bits per heavy atom. The summed E-state index contributed by atoms with van der Waals surface area (Å²) in [6, 6.07) is 12.3. The van der Waals surface area contributed by atoms with E-state index in [2.05, 4.69) is 10.6 Å². The van der Waals surface area contributed by atoms with Crippen molar-refractivity contribution in [1.82, 2.24) is 10.6 Å². The number of benzene rings is 2. The van der Waals surface area contributed by atoms with E-state index in [9.17, 15) is 14.4 Å². The van der Waals surface area contributed by atoms with Gasteiger partial charge in [-0.2, -0.15) is 0 Å². The third-order valence-electron chi connectivity index (χ3n) is 4.93. The molecule has 9 nitrogen and oxygen atoms in total. The van der Waals surface area contributed by atoms with Gasteiger partial charge in [0.25, 0.3) is 0 Å². The standard InChI is InChI=1S/C25H34N4O5/c1-25(2,3)34-24(32)29-20(14-9-16-5-10-18(26)11-6-16)22(30)28-21(23(31)33-4)15-17-7-12-19(27)13-8-17/h5-8,10-13,20-21H,9,14-15,26-27H2,1-4H3,(H,28,30)(H,29,32)/t20-,21?/m1/s1. The van der Waals surface area contributed by atoms with Crippen molar-refractivity contribution < 1.29 is 23.9 Å². The molecule has 0 aromatic heterocycles. The highest BCUT2D eigenvalue weighted by Gasteiger charge is 2.29. The molecule has 0 radical (unpaired) electrons. The van der Waals surface area contributed by atoms with Gasteiger partial charge in [0.2, 0.25) is 5.91 Å². The predicted molar refractivity (Wildman–Crippen MR) is 131 cm³/mol. The van der Waals surface area contributed by atoms with Gasteiger partial charge < -0.3 is 31.6 Å². The van der Waals surface area contributed by atoms with E-state index < -0.39 is 35.7 Å². The molecule has 2 aromatic carbocycles. The number of carbonyl (C=O) groups is 3. The third kappa shape index (κ3) is 9.01. The molecule has 6 N–H and O–H groups in total. The van der Waals surface area contributed by atoms with Crippen LogP contribution in [0.2, 0.25) is 0 Å². The number of ether oxygens (including phenoxy) is 2. The topological polar surface area (TPSA) is 146 Å². The Labute approximate surface area is 200 Å². The Balaban J connectivity index is 2.16. The normalized spacial score (nSPS) is 12.8. The second-order valence-electron chi connectivity index (χ2n) is 9.01. The Morgan fingerprint density at radius 1 is 0.853 bits per heavy atom. The second-order valence-corrected chi connectivity index (χ2v) is 9.01. The van der Waals surface area contributed by atoms with E-state index in [-0.39, 0.29) is 12.8 Å². The van der Waals surface area contributed by atoms with Gasteiger partial charge in [0, 0.05) is 17.8 Å². The van der Waals surface area contributed by atoms with Crippen LogP contribution in [0, 0.1) is 0 Å².